The van der Waals surface area contributed by atoms with Crippen molar-refractivity contribution >= 4 is 28.5 Å². The van der Waals surface area contributed by atoms with Crippen molar-refractivity contribution in [2.45, 2.75) is 6.54 Å². The number of benzene rings is 2. The van der Waals surface area contributed by atoms with Crippen molar-refractivity contribution < 1.29 is 0 Å². The standard InChI is InChI=1S/C20H16ClN5/c1-26(13-17-11-8-14-4-2-3-5-18(14)23-17)20-24-19(12-22-25-20)15-6-9-16(21)10-7-15/h2-12H,13H2,1H3. The van der Waals surface area contributed by atoms with Crippen LogP contribution >= 0.6 is 11.6 Å². The quantitative estimate of drug-likeness (QED) is 0.540. The number of nitrogens with zero attached hydrogens (tertiary/aromatic N) is 5. The number of hydrogen-bond acceptors (Lipinski definition) is 5. The second kappa shape index (κ2) is 7.06. The zero-order valence-corrected chi connectivity index (χ0v) is 14.9. The second-order valence-corrected chi connectivity index (χ2v) is 6.44. The highest BCUT2D eigenvalue weighted by Crippen LogP contribution is 2.21. The van der Waals surface area contributed by atoms with E-state index in [1.54, 1.807) is 6.20 Å². The molecule has 4 aromatic rings. The average Bonchev–Trinajstić information content (AvgIpc) is 2.68. The van der Waals surface area contributed by atoms with Gasteiger partial charge in [0, 0.05) is 23.0 Å². The molecule has 0 aliphatic rings. The third-order valence-corrected chi connectivity index (χ3v) is 4.34. The monoisotopic (exact) mass is 361 g/mol. The highest BCUT2D eigenvalue weighted by atomic mass is 35.5. The predicted molar refractivity (Wildman–Crippen MR) is 104 cm³/mol. The van der Waals surface area contributed by atoms with Crippen LogP contribution in [0.3, 0.4) is 0 Å². The van der Waals surface area contributed by atoms with Crippen molar-refractivity contribution in [1.29, 1.82) is 0 Å². The number of fused-ring (bicyclic) bond motifs is 1. The van der Waals surface area contributed by atoms with Crippen molar-refractivity contribution in [3.8, 4) is 11.3 Å². The first-order chi connectivity index (χ1) is 12.7. The fourth-order valence-corrected chi connectivity index (χ4v) is 2.85. The maximum absolute atomic E-state index is 5.95. The first-order valence-corrected chi connectivity index (χ1v) is 8.58. The molecule has 2 heterocycles. The third-order valence-electron chi connectivity index (χ3n) is 4.08. The first-order valence-electron chi connectivity index (χ1n) is 8.20. The Morgan fingerprint density at radius 2 is 1.73 bits per heavy atom. The van der Waals surface area contributed by atoms with Gasteiger partial charge in [0.15, 0.2) is 0 Å². The van der Waals surface area contributed by atoms with E-state index in [0.717, 1.165) is 27.9 Å². The summed E-state index contributed by atoms with van der Waals surface area (Å²) in [5.41, 5.74) is 3.63. The number of halogens is 1. The lowest BCUT2D eigenvalue weighted by atomic mass is 10.2. The van der Waals surface area contributed by atoms with Crippen LogP contribution in [0.2, 0.25) is 5.02 Å². The van der Waals surface area contributed by atoms with Crippen LogP contribution in [0, 0.1) is 0 Å². The first kappa shape index (κ1) is 16.4. The minimum absolute atomic E-state index is 0.549. The van der Waals surface area contributed by atoms with Crippen molar-refractivity contribution in [1.82, 2.24) is 20.2 Å². The molecule has 128 valence electrons. The summed E-state index contributed by atoms with van der Waals surface area (Å²) in [6.07, 6.45) is 1.65. The molecule has 6 heteroatoms. The van der Waals surface area contributed by atoms with E-state index in [1.807, 2.05) is 60.5 Å². The third kappa shape index (κ3) is 3.48. The smallest absolute Gasteiger partial charge is 0.246 e. The SMILES string of the molecule is CN(Cc1ccc2ccccc2n1)c1nncc(-c2ccc(Cl)cc2)n1. The van der Waals surface area contributed by atoms with Crippen LogP contribution in [0.5, 0.6) is 0 Å². The van der Waals surface area contributed by atoms with Gasteiger partial charge in [0.2, 0.25) is 5.95 Å². The molecule has 0 N–H and O–H groups in total. The van der Waals surface area contributed by atoms with Gasteiger partial charge in [0.1, 0.15) is 0 Å². The molecule has 0 amide bonds. The van der Waals surface area contributed by atoms with Crippen LogP contribution in [0.4, 0.5) is 5.95 Å². The number of para-hydroxylation sites is 1. The normalized spacial score (nSPS) is 10.8. The summed E-state index contributed by atoms with van der Waals surface area (Å²) in [6, 6.07) is 19.7. The minimum Gasteiger partial charge on any atom is -0.337 e. The molecule has 0 spiro atoms. The summed E-state index contributed by atoms with van der Waals surface area (Å²) < 4.78 is 0. The Hall–Kier alpha value is -3.05. The van der Waals surface area contributed by atoms with Crippen LogP contribution < -0.4 is 4.90 Å². The lowest BCUT2D eigenvalue weighted by Crippen LogP contribution is -2.20. The van der Waals surface area contributed by atoms with Crippen molar-refractivity contribution in [3.63, 3.8) is 0 Å². The van der Waals surface area contributed by atoms with Gasteiger partial charge in [-0.25, -0.2) is 4.98 Å². The highest BCUT2D eigenvalue weighted by molar-refractivity contribution is 6.30. The molecular weight excluding hydrogens is 346 g/mol. The molecule has 5 nitrogen and oxygen atoms in total. The van der Waals surface area contributed by atoms with E-state index in [4.69, 9.17) is 16.6 Å². The lowest BCUT2D eigenvalue weighted by Gasteiger charge is -2.16. The van der Waals surface area contributed by atoms with Gasteiger partial charge in [-0.05, 0) is 24.3 Å². The molecule has 26 heavy (non-hydrogen) atoms. The molecule has 0 unspecified atom stereocenters. The Bertz CT molecular complexity index is 1050. The Balaban J connectivity index is 1.58. The maximum atomic E-state index is 5.95. The highest BCUT2D eigenvalue weighted by Gasteiger charge is 2.10. The summed E-state index contributed by atoms with van der Waals surface area (Å²) in [5.74, 6) is 0.549. The number of aromatic nitrogens is 4. The van der Waals surface area contributed by atoms with Gasteiger partial charge in [0.05, 0.1) is 29.6 Å². The molecule has 0 saturated heterocycles. The van der Waals surface area contributed by atoms with Crippen molar-refractivity contribution in [2.75, 3.05) is 11.9 Å². The maximum Gasteiger partial charge on any atom is 0.246 e. The summed E-state index contributed by atoms with van der Waals surface area (Å²) in [5, 5.41) is 10.1. The van der Waals surface area contributed by atoms with E-state index < -0.39 is 0 Å². The molecule has 0 bridgehead atoms. The molecule has 0 atom stereocenters. The Labute approximate surface area is 156 Å². The van der Waals surface area contributed by atoms with Crippen LogP contribution in [0.15, 0.2) is 66.9 Å². The lowest BCUT2D eigenvalue weighted by molar-refractivity contribution is 0.817. The van der Waals surface area contributed by atoms with Crippen molar-refractivity contribution in [2.24, 2.45) is 0 Å². The molecule has 0 radical (unpaired) electrons. The summed E-state index contributed by atoms with van der Waals surface area (Å²) in [7, 11) is 1.93. The zero-order valence-electron chi connectivity index (χ0n) is 14.2. The van der Waals surface area contributed by atoms with E-state index in [2.05, 4.69) is 27.3 Å². The molecule has 0 aliphatic heterocycles. The van der Waals surface area contributed by atoms with Crippen LogP contribution in [0.25, 0.3) is 22.2 Å². The fourth-order valence-electron chi connectivity index (χ4n) is 2.73. The molecule has 2 aromatic carbocycles. The Kier molecular flexibility index (Phi) is 4.46. The van der Waals surface area contributed by atoms with Crippen LogP contribution in [-0.4, -0.2) is 27.2 Å². The molecule has 4 rings (SSSR count). The Morgan fingerprint density at radius 3 is 2.58 bits per heavy atom. The predicted octanol–water partition coefficient (Wildman–Crippen LogP) is 4.38. The number of pyridine rings is 1. The summed E-state index contributed by atoms with van der Waals surface area (Å²) >= 11 is 5.95. The van der Waals surface area contributed by atoms with Gasteiger partial charge >= 0.3 is 0 Å². The van der Waals surface area contributed by atoms with Gasteiger partial charge in [-0.3, -0.25) is 4.98 Å². The largest absolute Gasteiger partial charge is 0.337 e. The fraction of sp³-hybridized carbons (Fsp3) is 0.100. The Morgan fingerprint density at radius 1 is 0.923 bits per heavy atom. The number of anilines is 1. The molecule has 2 aromatic heterocycles. The average molecular weight is 362 g/mol. The number of hydrogen-bond donors (Lipinski definition) is 0. The van der Waals surface area contributed by atoms with Crippen molar-refractivity contribution in [3.05, 3.63) is 77.6 Å². The summed E-state index contributed by atoms with van der Waals surface area (Å²) in [4.78, 5) is 11.2. The molecule has 0 saturated carbocycles. The van der Waals surface area contributed by atoms with Gasteiger partial charge in [-0.15, -0.1) is 5.10 Å². The van der Waals surface area contributed by atoms with Gasteiger partial charge < -0.3 is 4.90 Å². The molecule has 0 fully saturated rings. The summed E-state index contributed by atoms with van der Waals surface area (Å²) in [6.45, 7) is 0.594. The second-order valence-electron chi connectivity index (χ2n) is 6.00. The zero-order chi connectivity index (χ0) is 17.9. The van der Waals surface area contributed by atoms with E-state index in [-0.39, 0.29) is 0 Å². The molecular formula is C20H16ClN5. The van der Waals surface area contributed by atoms with Gasteiger partial charge in [-0.2, -0.15) is 5.10 Å². The van der Waals surface area contributed by atoms with E-state index in [9.17, 15) is 0 Å². The number of rotatable bonds is 4. The topological polar surface area (TPSA) is 54.8 Å². The van der Waals surface area contributed by atoms with Crippen LogP contribution in [-0.2, 0) is 6.54 Å². The van der Waals surface area contributed by atoms with Gasteiger partial charge in [0.25, 0.3) is 0 Å². The molecule has 0 aliphatic carbocycles. The van der Waals surface area contributed by atoms with E-state index in [0.29, 0.717) is 17.5 Å². The van der Waals surface area contributed by atoms with Crippen LogP contribution in [0.1, 0.15) is 5.69 Å². The van der Waals surface area contributed by atoms with Gasteiger partial charge in [-0.1, -0.05) is 48.0 Å². The van der Waals surface area contributed by atoms with E-state index >= 15 is 0 Å². The minimum atomic E-state index is 0.549. The van der Waals surface area contributed by atoms with E-state index in [1.165, 1.54) is 0 Å².